The van der Waals surface area contributed by atoms with Crippen LogP contribution in [0.15, 0.2) is 54.4 Å². The van der Waals surface area contributed by atoms with Crippen molar-refractivity contribution in [1.29, 1.82) is 0 Å². The molecule has 2 aromatic carbocycles. The number of nitrogens with one attached hydrogen (secondary N) is 1. The molecule has 5 aromatic rings. The van der Waals surface area contributed by atoms with Gasteiger partial charge in [0.2, 0.25) is 11.8 Å². The summed E-state index contributed by atoms with van der Waals surface area (Å²) in [6.07, 6.45) is 1.79. The summed E-state index contributed by atoms with van der Waals surface area (Å²) in [5, 5.41) is 9.12. The number of hydrogen-bond donors (Lipinski definition) is 1. The van der Waals surface area contributed by atoms with Gasteiger partial charge in [0.25, 0.3) is 0 Å². The van der Waals surface area contributed by atoms with Crippen molar-refractivity contribution in [2.75, 3.05) is 41.0 Å². The van der Waals surface area contributed by atoms with E-state index >= 15 is 8.78 Å². The Morgan fingerprint density at radius 2 is 1.85 bits per heavy atom. The smallest absolute Gasteiger partial charge is 0.246 e. The van der Waals surface area contributed by atoms with Crippen molar-refractivity contribution in [1.82, 2.24) is 29.9 Å². The highest BCUT2D eigenvalue weighted by molar-refractivity contribution is 7.17. The average Bonchev–Trinajstić information content (AvgIpc) is 3.77. The molecule has 10 nitrogen and oxygen atoms in total. The van der Waals surface area contributed by atoms with Gasteiger partial charge in [-0.25, -0.2) is 18.2 Å². The Balaban J connectivity index is 1.49. The maximum absolute atomic E-state index is 16.3. The van der Waals surface area contributed by atoms with E-state index in [-0.39, 0.29) is 65.1 Å². The topological polar surface area (TPSA) is 102 Å². The zero-order valence-electron chi connectivity index (χ0n) is 30.0. The average molecular weight is 745 g/mol. The molecule has 0 saturated heterocycles. The van der Waals surface area contributed by atoms with E-state index < -0.39 is 23.5 Å². The zero-order chi connectivity index (χ0) is 37.7. The molecule has 2 aliphatic rings. The number of fused-ring (bicyclic) bond motifs is 3. The van der Waals surface area contributed by atoms with Crippen LogP contribution in [0.25, 0.3) is 43.9 Å². The highest BCUT2D eigenvalue weighted by Gasteiger charge is 2.35. The Labute approximate surface area is 308 Å². The minimum Gasteiger partial charge on any atom is -0.490 e. The first-order valence-electron chi connectivity index (χ1n) is 17.2. The van der Waals surface area contributed by atoms with Crippen molar-refractivity contribution in [2.24, 2.45) is 0 Å². The molecule has 0 unspecified atom stereocenters. The second-order valence-corrected chi connectivity index (χ2v) is 14.3. The molecule has 3 atom stereocenters. The maximum atomic E-state index is 16.3. The number of carbonyl (C=O) groups excluding carboxylic acids is 2. The molecule has 14 heteroatoms. The minimum atomic E-state index is -0.962. The number of rotatable bonds is 9. The summed E-state index contributed by atoms with van der Waals surface area (Å²) < 4.78 is 60.6. The van der Waals surface area contributed by atoms with Gasteiger partial charge in [-0.05, 0) is 56.7 Å². The van der Waals surface area contributed by atoms with E-state index in [9.17, 15) is 14.0 Å². The summed E-state index contributed by atoms with van der Waals surface area (Å²) in [5.74, 6) is -2.88. The molecule has 2 amide bonds. The molecule has 0 spiro atoms. The van der Waals surface area contributed by atoms with Crippen LogP contribution in [0.4, 0.5) is 13.2 Å². The monoisotopic (exact) mass is 744 g/mol. The van der Waals surface area contributed by atoms with Gasteiger partial charge >= 0.3 is 0 Å². The van der Waals surface area contributed by atoms with Crippen LogP contribution >= 0.6 is 11.3 Å². The highest BCUT2D eigenvalue weighted by Crippen LogP contribution is 2.48. The molecular formula is C39H39F3N6O4S. The van der Waals surface area contributed by atoms with Gasteiger partial charge < -0.3 is 19.7 Å². The standard InChI is InChI=1S/C39H39F3N6O4S/c1-7-32(49)47-17-20(2)48-29(21(47)3)16-28(45-48)37-35(33-26(41)14-25(40)15-31(33)52-11-10-51-6)34-27(42)19-53-38(34)36(44-37)23-9-8-22-13-30(39(50)43-4)46(5)18-24(22)12-23/h7-9,12,14-16,19-21,30H,1,10-11,13,17-18H2,2-6H3,(H,43,50)/t20-,21+,30-/m0/s1. The van der Waals surface area contributed by atoms with Crippen LogP contribution in [0, 0.1) is 17.5 Å². The number of halogens is 3. The first kappa shape index (κ1) is 36.3. The predicted octanol–water partition coefficient (Wildman–Crippen LogP) is 6.69. The Hall–Kier alpha value is -5.05. The molecule has 0 saturated carbocycles. The zero-order valence-corrected chi connectivity index (χ0v) is 30.8. The van der Waals surface area contributed by atoms with E-state index in [1.54, 1.807) is 22.7 Å². The summed E-state index contributed by atoms with van der Waals surface area (Å²) in [7, 11) is 4.99. The van der Waals surface area contributed by atoms with Crippen LogP contribution in [0.3, 0.4) is 0 Å². The molecule has 276 valence electrons. The Bertz CT molecular complexity index is 2270. The number of benzene rings is 2. The molecule has 2 aliphatic heterocycles. The summed E-state index contributed by atoms with van der Waals surface area (Å²) in [6.45, 7) is 8.46. The van der Waals surface area contributed by atoms with Gasteiger partial charge in [0.15, 0.2) is 0 Å². The van der Waals surface area contributed by atoms with Gasteiger partial charge in [-0.1, -0.05) is 18.7 Å². The van der Waals surface area contributed by atoms with Crippen LogP contribution in [0.1, 0.15) is 42.8 Å². The second-order valence-electron chi connectivity index (χ2n) is 13.4. The largest absolute Gasteiger partial charge is 0.490 e. The molecule has 5 heterocycles. The molecule has 1 N–H and O–H groups in total. The molecule has 0 bridgehead atoms. The maximum Gasteiger partial charge on any atom is 0.246 e. The van der Waals surface area contributed by atoms with Crippen LogP contribution in [0.2, 0.25) is 0 Å². The van der Waals surface area contributed by atoms with Crippen LogP contribution < -0.4 is 10.1 Å². The van der Waals surface area contributed by atoms with E-state index in [0.717, 1.165) is 34.6 Å². The molecule has 7 rings (SSSR count). The number of thiophene rings is 1. The Morgan fingerprint density at radius 1 is 1.06 bits per heavy atom. The van der Waals surface area contributed by atoms with Crippen molar-refractivity contribution in [2.45, 2.75) is 44.9 Å². The number of methoxy groups -OCH3 is 1. The fourth-order valence-corrected chi connectivity index (χ4v) is 8.37. The van der Waals surface area contributed by atoms with Crippen molar-refractivity contribution in [3.8, 4) is 39.5 Å². The number of nitrogens with zero attached hydrogens (tertiary/aromatic N) is 5. The van der Waals surface area contributed by atoms with Crippen molar-refractivity contribution >= 4 is 33.2 Å². The molecule has 0 fully saturated rings. The molecule has 3 aromatic heterocycles. The van der Waals surface area contributed by atoms with Gasteiger partial charge in [0.1, 0.15) is 41.2 Å². The number of pyridine rings is 1. The normalized spacial score (nSPS) is 18.5. The van der Waals surface area contributed by atoms with Crippen LogP contribution in [-0.4, -0.2) is 83.4 Å². The number of ether oxygens (including phenoxy) is 2. The molecule has 0 aliphatic carbocycles. The lowest BCUT2D eigenvalue weighted by Crippen LogP contribution is -2.47. The SMILES string of the molecule is C=CC(=O)N1C[C@H](C)n2nc(-c3nc(-c4ccc5c(c4)CN(C)[C@H](C(=O)NC)C5)c4scc(F)c4c3-c3c(F)cc(F)cc3OCCOC)cc2[C@H]1C. The first-order valence-corrected chi connectivity index (χ1v) is 18.1. The third kappa shape index (κ3) is 6.38. The van der Waals surface area contributed by atoms with Gasteiger partial charge in [-0.2, -0.15) is 5.10 Å². The minimum absolute atomic E-state index is 0.0200. The number of aromatic nitrogens is 3. The lowest BCUT2D eigenvalue weighted by Gasteiger charge is -2.36. The van der Waals surface area contributed by atoms with E-state index in [1.807, 2.05) is 44.0 Å². The third-order valence-corrected chi connectivity index (χ3v) is 11.1. The molecule has 53 heavy (non-hydrogen) atoms. The quantitative estimate of drug-likeness (QED) is 0.133. The number of likely N-dealkylation sites (N-methyl/N-ethyl adjacent to an activating group) is 2. The van der Waals surface area contributed by atoms with Crippen molar-refractivity contribution < 1.29 is 32.2 Å². The Morgan fingerprint density at radius 3 is 2.58 bits per heavy atom. The van der Waals surface area contributed by atoms with Crippen molar-refractivity contribution in [3.63, 3.8) is 0 Å². The summed E-state index contributed by atoms with van der Waals surface area (Å²) >= 11 is 1.13. The fourth-order valence-electron chi connectivity index (χ4n) is 7.44. The van der Waals surface area contributed by atoms with Crippen LogP contribution in [0.5, 0.6) is 5.75 Å². The summed E-state index contributed by atoms with van der Waals surface area (Å²) in [4.78, 5) is 34.2. The molecular weight excluding hydrogens is 706 g/mol. The summed E-state index contributed by atoms with van der Waals surface area (Å²) in [6, 6.07) is 8.48. The van der Waals surface area contributed by atoms with E-state index in [2.05, 4.69) is 11.9 Å². The predicted molar refractivity (Wildman–Crippen MR) is 197 cm³/mol. The lowest BCUT2D eigenvalue weighted by atomic mass is 9.90. The van der Waals surface area contributed by atoms with E-state index in [1.165, 1.54) is 18.6 Å². The third-order valence-electron chi connectivity index (χ3n) is 10.1. The lowest BCUT2D eigenvalue weighted by molar-refractivity contribution is -0.129. The Kier molecular flexibility index (Phi) is 9.87. The van der Waals surface area contributed by atoms with E-state index in [4.69, 9.17) is 19.6 Å². The van der Waals surface area contributed by atoms with E-state index in [0.29, 0.717) is 46.9 Å². The van der Waals surface area contributed by atoms with Crippen molar-refractivity contribution in [3.05, 3.63) is 88.7 Å². The van der Waals surface area contributed by atoms with Gasteiger partial charge in [0.05, 0.1) is 46.4 Å². The second kappa shape index (κ2) is 14.4. The summed E-state index contributed by atoms with van der Waals surface area (Å²) in [5.41, 5.74) is 4.22. The highest BCUT2D eigenvalue weighted by atomic mass is 32.1. The molecule has 0 radical (unpaired) electrons. The number of carbonyl (C=O) groups is 2. The van der Waals surface area contributed by atoms with Gasteiger partial charge in [-0.3, -0.25) is 19.2 Å². The fraction of sp³-hybridized carbons (Fsp3) is 0.333. The number of amides is 2. The first-order chi connectivity index (χ1) is 25.4. The van der Waals surface area contributed by atoms with Gasteiger partial charge in [0, 0.05) is 61.3 Å². The number of hydrogen-bond acceptors (Lipinski definition) is 8. The van der Waals surface area contributed by atoms with Crippen LogP contribution in [-0.2, 0) is 27.3 Å². The van der Waals surface area contributed by atoms with Gasteiger partial charge in [-0.15, -0.1) is 11.3 Å².